The molecule has 2 fully saturated rings. The second-order valence-electron chi connectivity index (χ2n) is 5.79. The first-order valence-corrected chi connectivity index (χ1v) is 7.55. The number of amides is 2. The van der Waals surface area contributed by atoms with E-state index in [0.717, 1.165) is 6.54 Å². The second kappa shape index (κ2) is 6.26. The summed E-state index contributed by atoms with van der Waals surface area (Å²) in [5, 5.41) is 2.75. The Morgan fingerprint density at radius 1 is 1.29 bits per heavy atom. The van der Waals surface area contributed by atoms with Crippen LogP contribution in [0.1, 0.15) is 18.4 Å². The van der Waals surface area contributed by atoms with Crippen molar-refractivity contribution in [2.75, 3.05) is 26.2 Å². The van der Waals surface area contributed by atoms with Crippen LogP contribution in [0.2, 0.25) is 0 Å². The van der Waals surface area contributed by atoms with E-state index in [2.05, 4.69) is 22.3 Å². The molecule has 0 bridgehead atoms. The maximum Gasteiger partial charge on any atom is 0.239 e. The van der Waals surface area contributed by atoms with E-state index in [4.69, 9.17) is 0 Å². The third-order valence-electron chi connectivity index (χ3n) is 4.02. The van der Waals surface area contributed by atoms with Crippen molar-refractivity contribution in [1.82, 2.24) is 15.1 Å². The lowest BCUT2D eigenvalue weighted by atomic mass is 10.2. The number of nitrogens with one attached hydrogen (secondary N) is 1. The van der Waals surface area contributed by atoms with Crippen molar-refractivity contribution >= 4 is 11.8 Å². The number of hydrogen-bond donors (Lipinski definition) is 1. The lowest BCUT2D eigenvalue weighted by Crippen LogP contribution is -2.52. The van der Waals surface area contributed by atoms with Crippen LogP contribution >= 0.6 is 0 Å². The molecule has 21 heavy (non-hydrogen) atoms. The molecule has 0 atom stereocenters. The zero-order valence-electron chi connectivity index (χ0n) is 12.1. The molecule has 2 aliphatic rings. The summed E-state index contributed by atoms with van der Waals surface area (Å²) in [6.45, 7) is 2.59. The van der Waals surface area contributed by atoms with Crippen molar-refractivity contribution in [2.24, 2.45) is 0 Å². The molecule has 0 aromatic heterocycles. The van der Waals surface area contributed by atoms with Crippen molar-refractivity contribution in [3.63, 3.8) is 0 Å². The average Bonchev–Trinajstić information content (AvgIpc) is 3.32. The molecule has 0 unspecified atom stereocenters. The molecule has 1 saturated carbocycles. The fourth-order valence-electron chi connectivity index (χ4n) is 2.70. The third-order valence-corrected chi connectivity index (χ3v) is 4.02. The van der Waals surface area contributed by atoms with Crippen LogP contribution in [0.25, 0.3) is 0 Å². The van der Waals surface area contributed by atoms with E-state index in [0.29, 0.717) is 25.7 Å². The molecule has 0 radical (unpaired) electrons. The highest BCUT2D eigenvalue weighted by atomic mass is 16.2. The number of benzene rings is 1. The van der Waals surface area contributed by atoms with Gasteiger partial charge in [-0.15, -0.1) is 0 Å². The fourth-order valence-corrected chi connectivity index (χ4v) is 2.70. The van der Waals surface area contributed by atoms with E-state index in [1.54, 1.807) is 4.90 Å². The van der Waals surface area contributed by atoms with E-state index in [9.17, 15) is 9.59 Å². The lowest BCUT2D eigenvalue weighted by Gasteiger charge is -2.30. The summed E-state index contributed by atoms with van der Waals surface area (Å²) in [6.07, 6.45) is 2.33. The lowest BCUT2D eigenvalue weighted by molar-refractivity contribution is -0.139. The van der Waals surface area contributed by atoms with Gasteiger partial charge in [-0.05, 0) is 18.4 Å². The molecule has 3 rings (SSSR count). The van der Waals surface area contributed by atoms with Gasteiger partial charge in [-0.2, -0.15) is 0 Å². The van der Waals surface area contributed by atoms with Gasteiger partial charge in [0.15, 0.2) is 0 Å². The zero-order valence-corrected chi connectivity index (χ0v) is 12.1. The standard InChI is InChI=1S/C16H21N3O2/c20-15-11-18(9-8-17-15)16(21)12-19(14-6-7-14)10-13-4-2-1-3-5-13/h1-5,14H,6-12H2,(H,17,20). The number of carbonyl (C=O) groups is 2. The third kappa shape index (κ3) is 3.82. The Bertz CT molecular complexity index is 514. The van der Waals surface area contributed by atoms with Gasteiger partial charge in [0.1, 0.15) is 0 Å². The van der Waals surface area contributed by atoms with Crippen LogP contribution in [0, 0.1) is 0 Å². The highest BCUT2D eigenvalue weighted by Gasteiger charge is 2.32. The number of carbonyl (C=O) groups excluding carboxylic acids is 2. The smallest absolute Gasteiger partial charge is 0.239 e. The molecule has 1 heterocycles. The summed E-state index contributed by atoms with van der Waals surface area (Å²) in [5.74, 6) is 0.00307. The van der Waals surface area contributed by atoms with Gasteiger partial charge in [-0.25, -0.2) is 0 Å². The maximum atomic E-state index is 12.4. The van der Waals surface area contributed by atoms with Crippen LogP contribution in [0.4, 0.5) is 0 Å². The minimum Gasteiger partial charge on any atom is -0.353 e. The molecule has 1 N–H and O–H groups in total. The fraction of sp³-hybridized carbons (Fsp3) is 0.500. The van der Waals surface area contributed by atoms with Gasteiger partial charge in [0.05, 0.1) is 13.1 Å². The van der Waals surface area contributed by atoms with Crippen molar-refractivity contribution < 1.29 is 9.59 Å². The Hall–Kier alpha value is -1.88. The normalized spacial score (nSPS) is 18.7. The molecule has 1 aromatic rings. The molecule has 1 aromatic carbocycles. The number of piperazine rings is 1. The van der Waals surface area contributed by atoms with Crippen LogP contribution in [-0.2, 0) is 16.1 Å². The van der Waals surface area contributed by atoms with Crippen molar-refractivity contribution in [2.45, 2.75) is 25.4 Å². The Morgan fingerprint density at radius 3 is 2.71 bits per heavy atom. The SMILES string of the molecule is O=C1CN(C(=O)CN(Cc2ccccc2)C2CC2)CCN1. The minimum absolute atomic E-state index is 0.0596. The predicted octanol–water partition coefficient (Wildman–Crippen LogP) is 0.609. The van der Waals surface area contributed by atoms with Gasteiger partial charge in [0, 0.05) is 25.7 Å². The van der Waals surface area contributed by atoms with E-state index in [1.165, 1.54) is 18.4 Å². The molecule has 1 saturated heterocycles. The summed E-state index contributed by atoms with van der Waals surface area (Å²) >= 11 is 0. The molecule has 0 spiro atoms. The number of nitrogens with zero attached hydrogens (tertiary/aromatic N) is 2. The average molecular weight is 287 g/mol. The van der Waals surface area contributed by atoms with Gasteiger partial charge in [0.25, 0.3) is 0 Å². The summed E-state index contributed by atoms with van der Waals surface area (Å²) in [5.41, 5.74) is 1.23. The number of rotatable bonds is 5. The van der Waals surface area contributed by atoms with Gasteiger partial charge < -0.3 is 10.2 Å². The van der Waals surface area contributed by atoms with Crippen LogP contribution in [-0.4, -0.2) is 53.8 Å². The van der Waals surface area contributed by atoms with Crippen molar-refractivity contribution in [1.29, 1.82) is 0 Å². The largest absolute Gasteiger partial charge is 0.353 e. The number of hydrogen-bond acceptors (Lipinski definition) is 3. The summed E-state index contributed by atoms with van der Waals surface area (Å²) in [4.78, 5) is 27.7. The molecular weight excluding hydrogens is 266 g/mol. The van der Waals surface area contributed by atoms with E-state index < -0.39 is 0 Å². The molecule has 1 aliphatic heterocycles. The maximum absolute atomic E-state index is 12.4. The van der Waals surface area contributed by atoms with Gasteiger partial charge in [-0.3, -0.25) is 14.5 Å². The van der Waals surface area contributed by atoms with Crippen LogP contribution in [0.15, 0.2) is 30.3 Å². The Balaban J connectivity index is 1.60. The highest BCUT2D eigenvalue weighted by Crippen LogP contribution is 2.28. The van der Waals surface area contributed by atoms with Gasteiger partial charge in [-0.1, -0.05) is 30.3 Å². The van der Waals surface area contributed by atoms with Gasteiger partial charge >= 0.3 is 0 Å². The van der Waals surface area contributed by atoms with Crippen molar-refractivity contribution in [3.8, 4) is 0 Å². The highest BCUT2D eigenvalue weighted by molar-refractivity contribution is 5.86. The van der Waals surface area contributed by atoms with Crippen molar-refractivity contribution in [3.05, 3.63) is 35.9 Å². The molecule has 2 amide bonds. The molecular formula is C16H21N3O2. The topological polar surface area (TPSA) is 52.7 Å². The molecule has 5 nitrogen and oxygen atoms in total. The second-order valence-corrected chi connectivity index (χ2v) is 5.79. The zero-order chi connectivity index (χ0) is 14.7. The molecule has 112 valence electrons. The monoisotopic (exact) mass is 287 g/mol. The van der Waals surface area contributed by atoms with Gasteiger partial charge in [0.2, 0.25) is 11.8 Å². The van der Waals surface area contributed by atoms with Crippen LogP contribution in [0.3, 0.4) is 0 Å². The predicted molar refractivity (Wildman–Crippen MR) is 79.5 cm³/mol. The minimum atomic E-state index is -0.0596. The van der Waals surface area contributed by atoms with E-state index in [-0.39, 0.29) is 18.4 Å². The summed E-state index contributed by atoms with van der Waals surface area (Å²) < 4.78 is 0. The first kappa shape index (κ1) is 14.1. The Kier molecular flexibility index (Phi) is 4.20. The first-order valence-electron chi connectivity index (χ1n) is 7.55. The van der Waals surface area contributed by atoms with Crippen LogP contribution < -0.4 is 5.32 Å². The summed E-state index contributed by atoms with van der Waals surface area (Å²) in [7, 11) is 0. The molecule has 5 heteroatoms. The quantitative estimate of drug-likeness (QED) is 0.863. The molecule has 1 aliphatic carbocycles. The van der Waals surface area contributed by atoms with E-state index >= 15 is 0 Å². The first-order chi connectivity index (χ1) is 10.2. The van der Waals surface area contributed by atoms with Crippen LogP contribution in [0.5, 0.6) is 0 Å². The van der Waals surface area contributed by atoms with E-state index in [1.807, 2.05) is 18.2 Å². The summed E-state index contributed by atoms with van der Waals surface area (Å²) in [6, 6.07) is 10.8. The Labute approximate surface area is 124 Å². The Morgan fingerprint density at radius 2 is 2.05 bits per heavy atom.